The van der Waals surface area contributed by atoms with Gasteiger partial charge in [-0.3, -0.25) is 0 Å². The summed E-state index contributed by atoms with van der Waals surface area (Å²) in [5.74, 6) is 0. The van der Waals surface area contributed by atoms with Gasteiger partial charge >= 0.3 is 0 Å². The van der Waals surface area contributed by atoms with Gasteiger partial charge in [0, 0.05) is 29.0 Å². The Morgan fingerprint density at radius 1 is 1.06 bits per heavy atom. The fourth-order valence-electron chi connectivity index (χ4n) is 2.07. The van der Waals surface area contributed by atoms with E-state index in [0.717, 1.165) is 26.3 Å². The Labute approximate surface area is 105 Å². The standard InChI is InChI=1S/C14H15NOS/c1-2-4-12(5-3-1)14-10-13(11-17-14)15-6-8-16-9-7-15/h1-5,10-11H,6-9H2. The molecule has 1 fully saturated rings. The van der Waals surface area contributed by atoms with Crippen LogP contribution in [0.4, 0.5) is 5.69 Å². The molecular weight excluding hydrogens is 230 g/mol. The first kappa shape index (κ1) is 10.8. The molecule has 0 radical (unpaired) electrons. The summed E-state index contributed by atoms with van der Waals surface area (Å²) in [6.45, 7) is 3.70. The zero-order chi connectivity index (χ0) is 11.5. The molecule has 1 aromatic carbocycles. The molecule has 1 aliphatic rings. The van der Waals surface area contributed by atoms with Crippen LogP contribution in [0.25, 0.3) is 10.4 Å². The van der Waals surface area contributed by atoms with Gasteiger partial charge in [-0.25, -0.2) is 0 Å². The number of nitrogens with zero attached hydrogens (tertiary/aromatic N) is 1. The minimum absolute atomic E-state index is 0.844. The summed E-state index contributed by atoms with van der Waals surface area (Å²) in [6, 6.07) is 12.8. The number of morpholine rings is 1. The van der Waals surface area contributed by atoms with E-state index in [1.54, 1.807) is 0 Å². The lowest BCUT2D eigenvalue weighted by Crippen LogP contribution is -2.35. The monoisotopic (exact) mass is 245 g/mol. The smallest absolute Gasteiger partial charge is 0.0642 e. The molecule has 2 nitrogen and oxygen atoms in total. The summed E-state index contributed by atoms with van der Waals surface area (Å²) in [6.07, 6.45) is 0. The van der Waals surface area contributed by atoms with Crippen LogP contribution in [0, 0.1) is 0 Å². The van der Waals surface area contributed by atoms with Crippen LogP contribution in [0.2, 0.25) is 0 Å². The second kappa shape index (κ2) is 4.90. The maximum absolute atomic E-state index is 5.37. The lowest BCUT2D eigenvalue weighted by atomic mass is 10.2. The summed E-state index contributed by atoms with van der Waals surface area (Å²) in [7, 11) is 0. The van der Waals surface area contributed by atoms with E-state index in [1.165, 1.54) is 16.1 Å². The van der Waals surface area contributed by atoms with Crippen molar-refractivity contribution in [2.75, 3.05) is 31.2 Å². The van der Waals surface area contributed by atoms with E-state index in [1.807, 2.05) is 11.3 Å². The molecule has 0 saturated carbocycles. The number of rotatable bonds is 2. The number of benzene rings is 1. The van der Waals surface area contributed by atoms with Gasteiger partial charge in [0.25, 0.3) is 0 Å². The van der Waals surface area contributed by atoms with Crippen LogP contribution in [0.1, 0.15) is 0 Å². The molecular formula is C14H15NOS. The van der Waals surface area contributed by atoms with Crippen molar-refractivity contribution in [2.24, 2.45) is 0 Å². The number of thiophene rings is 1. The van der Waals surface area contributed by atoms with E-state index in [9.17, 15) is 0 Å². The second-order valence-corrected chi connectivity index (χ2v) is 5.05. The van der Waals surface area contributed by atoms with Gasteiger partial charge < -0.3 is 9.64 Å². The van der Waals surface area contributed by atoms with Crippen molar-refractivity contribution in [3.05, 3.63) is 41.8 Å². The SMILES string of the molecule is c1ccc(-c2cc(N3CCOCC3)cs2)cc1. The molecule has 1 aromatic heterocycles. The lowest BCUT2D eigenvalue weighted by Gasteiger charge is -2.27. The summed E-state index contributed by atoms with van der Waals surface area (Å²) in [5.41, 5.74) is 2.63. The molecule has 0 bridgehead atoms. The molecule has 2 heterocycles. The number of hydrogen-bond donors (Lipinski definition) is 0. The van der Waals surface area contributed by atoms with Gasteiger partial charge in [0.2, 0.25) is 0 Å². The zero-order valence-electron chi connectivity index (χ0n) is 9.63. The van der Waals surface area contributed by atoms with Crippen molar-refractivity contribution in [1.82, 2.24) is 0 Å². The minimum Gasteiger partial charge on any atom is -0.378 e. The molecule has 3 heteroatoms. The molecule has 88 valence electrons. The van der Waals surface area contributed by atoms with Crippen LogP contribution in [0.15, 0.2) is 41.8 Å². The Morgan fingerprint density at radius 3 is 2.59 bits per heavy atom. The van der Waals surface area contributed by atoms with Crippen molar-refractivity contribution in [3.8, 4) is 10.4 Å². The number of anilines is 1. The van der Waals surface area contributed by atoms with Gasteiger partial charge in [0.15, 0.2) is 0 Å². The number of hydrogen-bond acceptors (Lipinski definition) is 3. The normalized spacial score (nSPS) is 16.1. The second-order valence-electron chi connectivity index (χ2n) is 4.13. The highest BCUT2D eigenvalue weighted by molar-refractivity contribution is 7.14. The van der Waals surface area contributed by atoms with E-state index in [4.69, 9.17) is 4.74 Å². The summed E-state index contributed by atoms with van der Waals surface area (Å²) in [4.78, 5) is 3.74. The van der Waals surface area contributed by atoms with Gasteiger partial charge in [0.1, 0.15) is 0 Å². The third-order valence-electron chi connectivity index (χ3n) is 3.02. The van der Waals surface area contributed by atoms with E-state index in [0.29, 0.717) is 0 Å². The largest absolute Gasteiger partial charge is 0.378 e. The average molecular weight is 245 g/mol. The predicted octanol–water partition coefficient (Wildman–Crippen LogP) is 3.25. The van der Waals surface area contributed by atoms with Crippen LogP contribution >= 0.6 is 11.3 Å². The summed E-state index contributed by atoms with van der Waals surface area (Å²) < 4.78 is 5.37. The van der Waals surface area contributed by atoms with Crippen molar-refractivity contribution in [1.29, 1.82) is 0 Å². The van der Waals surface area contributed by atoms with E-state index in [2.05, 4.69) is 46.7 Å². The van der Waals surface area contributed by atoms with Gasteiger partial charge in [0.05, 0.1) is 13.2 Å². The van der Waals surface area contributed by atoms with Crippen molar-refractivity contribution in [2.45, 2.75) is 0 Å². The average Bonchev–Trinajstić information content (AvgIpc) is 2.90. The Hall–Kier alpha value is -1.32. The maximum Gasteiger partial charge on any atom is 0.0642 e. The van der Waals surface area contributed by atoms with Crippen LogP contribution < -0.4 is 4.90 Å². The predicted molar refractivity (Wildman–Crippen MR) is 72.8 cm³/mol. The van der Waals surface area contributed by atoms with E-state index < -0.39 is 0 Å². The fraction of sp³-hybridized carbons (Fsp3) is 0.286. The topological polar surface area (TPSA) is 12.5 Å². The zero-order valence-corrected chi connectivity index (χ0v) is 10.5. The molecule has 1 aliphatic heterocycles. The molecule has 0 unspecified atom stereocenters. The third kappa shape index (κ3) is 2.35. The number of ether oxygens (including phenoxy) is 1. The van der Waals surface area contributed by atoms with E-state index >= 15 is 0 Å². The van der Waals surface area contributed by atoms with Crippen molar-refractivity contribution in [3.63, 3.8) is 0 Å². The van der Waals surface area contributed by atoms with Crippen molar-refractivity contribution >= 4 is 17.0 Å². The molecule has 17 heavy (non-hydrogen) atoms. The molecule has 1 saturated heterocycles. The van der Waals surface area contributed by atoms with Gasteiger partial charge in [-0.15, -0.1) is 11.3 Å². The molecule has 0 N–H and O–H groups in total. The minimum atomic E-state index is 0.844. The molecule has 0 aliphatic carbocycles. The van der Waals surface area contributed by atoms with Crippen LogP contribution in [-0.4, -0.2) is 26.3 Å². The van der Waals surface area contributed by atoms with Gasteiger partial charge in [-0.05, 0) is 11.6 Å². The maximum atomic E-state index is 5.37. The highest BCUT2D eigenvalue weighted by Crippen LogP contribution is 2.31. The highest BCUT2D eigenvalue weighted by Gasteiger charge is 2.13. The summed E-state index contributed by atoms with van der Waals surface area (Å²) in [5, 5.41) is 2.24. The quantitative estimate of drug-likeness (QED) is 0.805. The molecule has 3 rings (SSSR count). The molecule has 0 spiro atoms. The van der Waals surface area contributed by atoms with Gasteiger partial charge in [-0.1, -0.05) is 30.3 Å². The lowest BCUT2D eigenvalue weighted by molar-refractivity contribution is 0.123. The highest BCUT2D eigenvalue weighted by atomic mass is 32.1. The van der Waals surface area contributed by atoms with Crippen LogP contribution in [-0.2, 0) is 4.74 Å². The molecule has 2 aromatic rings. The molecule has 0 atom stereocenters. The Bertz CT molecular complexity index is 474. The molecule has 0 amide bonds. The Morgan fingerprint density at radius 2 is 1.82 bits per heavy atom. The van der Waals surface area contributed by atoms with Crippen molar-refractivity contribution < 1.29 is 4.74 Å². The Balaban J connectivity index is 1.83. The van der Waals surface area contributed by atoms with Crippen LogP contribution in [0.3, 0.4) is 0 Å². The third-order valence-corrected chi connectivity index (χ3v) is 3.99. The fourth-order valence-corrected chi connectivity index (χ4v) is 2.99. The van der Waals surface area contributed by atoms with E-state index in [-0.39, 0.29) is 0 Å². The first-order valence-electron chi connectivity index (χ1n) is 5.90. The van der Waals surface area contributed by atoms with Crippen LogP contribution in [0.5, 0.6) is 0 Å². The first-order valence-corrected chi connectivity index (χ1v) is 6.78. The first-order chi connectivity index (χ1) is 8.43. The Kier molecular flexibility index (Phi) is 3.12. The van der Waals surface area contributed by atoms with Gasteiger partial charge in [-0.2, -0.15) is 0 Å². The summed E-state index contributed by atoms with van der Waals surface area (Å²) >= 11 is 1.81.